The van der Waals surface area contributed by atoms with Gasteiger partial charge in [0.2, 0.25) is 5.91 Å². The molecule has 1 heterocycles. The largest absolute Gasteiger partial charge is 0.481 e. The zero-order valence-corrected chi connectivity index (χ0v) is 14.9. The summed E-state index contributed by atoms with van der Waals surface area (Å²) in [6, 6.07) is 8.23. The van der Waals surface area contributed by atoms with Crippen molar-refractivity contribution in [2.75, 3.05) is 6.61 Å². The summed E-state index contributed by atoms with van der Waals surface area (Å²) >= 11 is 0. The van der Waals surface area contributed by atoms with E-state index in [1.165, 1.54) is 0 Å². The van der Waals surface area contributed by atoms with Crippen molar-refractivity contribution in [3.63, 3.8) is 0 Å². The lowest BCUT2D eigenvalue weighted by atomic mass is 9.94. The molecule has 1 aromatic carbocycles. The van der Waals surface area contributed by atoms with E-state index in [4.69, 9.17) is 9.84 Å². The molecule has 0 aliphatic carbocycles. The van der Waals surface area contributed by atoms with Crippen molar-refractivity contribution in [2.24, 2.45) is 0 Å². The number of carbonyl (C=O) groups is 3. The number of carboxylic acid groups (broad SMARTS) is 1. The maximum absolute atomic E-state index is 12.4. The van der Waals surface area contributed by atoms with Crippen molar-refractivity contribution in [1.82, 2.24) is 10.6 Å². The number of hydrogen-bond donors (Lipinski definition) is 3. The van der Waals surface area contributed by atoms with Crippen LogP contribution in [0.1, 0.15) is 38.2 Å². The average molecular weight is 362 g/mol. The summed E-state index contributed by atoms with van der Waals surface area (Å²) in [5.41, 5.74) is 0.450. The van der Waals surface area contributed by atoms with Crippen molar-refractivity contribution in [3.05, 3.63) is 35.9 Å². The van der Waals surface area contributed by atoms with Gasteiger partial charge in [0.15, 0.2) is 0 Å². The van der Waals surface area contributed by atoms with Crippen LogP contribution in [0.3, 0.4) is 0 Å². The molecule has 0 radical (unpaired) electrons. The highest BCUT2D eigenvalue weighted by molar-refractivity contribution is 5.85. The maximum Gasteiger partial charge on any atom is 0.305 e. The highest BCUT2D eigenvalue weighted by Gasteiger charge is 2.36. The third-order valence-electron chi connectivity index (χ3n) is 4.45. The molecule has 1 fully saturated rings. The second-order valence-corrected chi connectivity index (χ2v) is 6.68. The van der Waals surface area contributed by atoms with Crippen LogP contribution in [-0.4, -0.2) is 47.7 Å². The average Bonchev–Trinajstić information content (AvgIpc) is 2.62. The highest BCUT2D eigenvalue weighted by atomic mass is 16.5. The van der Waals surface area contributed by atoms with E-state index in [0.717, 1.165) is 24.8 Å². The number of amides is 1. The lowest BCUT2D eigenvalue weighted by Crippen LogP contribution is -2.59. The van der Waals surface area contributed by atoms with E-state index in [1.54, 1.807) is 6.92 Å². The van der Waals surface area contributed by atoms with Gasteiger partial charge in [-0.2, -0.15) is 0 Å². The van der Waals surface area contributed by atoms with Gasteiger partial charge in [-0.1, -0.05) is 30.3 Å². The molecule has 7 heteroatoms. The SMILES string of the molecule is C[C@H](NC1(Cc2ccccc2)CCCCO1)C(=O)N[C@H](C=O)CC(=O)O. The molecule has 2 rings (SSSR count). The first-order chi connectivity index (χ1) is 12.4. The molecular weight excluding hydrogens is 336 g/mol. The molecule has 3 N–H and O–H groups in total. The molecule has 0 saturated carbocycles. The molecule has 1 aromatic rings. The molecule has 7 nitrogen and oxygen atoms in total. The number of ether oxygens (including phenoxy) is 1. The van der Waals surface area contributed by atoms with E-state index < -0.39 is 36.1 Å². The number of carbonyl (C=O) groups excluding carboxylic acids is 2. The lowest BCUT2D eigenvalue weighted by Gasteiger charge is -2.40. The fourth-order valence-electron chi connectivity index (χ4n) is 3.17. The predicted molar refractivity (Wildman–Crippen MR) is 95.5 cm³/mol. The molecule has 142 valence electrons. The molecular formula is C19H26N2O5. The predicted octanol–water partition coefficient (Wildman–Crippen LogP) is 1.26. The Hall–Kier alpha value is -2.25. The smallest absolute Gasteiger partial charge is 0.305 e. The Bertz CT molecular complexity index is 614. The second-order valence-electron chi connectivity index (χ2n) is 6.68. The van der Waals surface area contributed by atoms with E-state index in [-0.39, 0.29) is 0 Å². The van der Waals surface area contributed by atoms with Gasteiger partial charge in [0, 0.05) is 13.0 Å². The van der Waals surface area contributed by atoms with Crippen molar-refractivity contribution in [1.29, 1.82) is 0 Å². The molecule has 1 unspecified atom stereocenters. The van der Waals surface area contributed by atoms with E-state index >= 15 is 0 Å². The first kappa shape index (κ1) is 20.1. The topological polar surface area (TPSA) is 105 Å². The van der Waals surface area contributed by atoms with Crippen molar-refractivity contribution < 1.29 is 24.2 Å². The fourth-order valence-corrected chi connectivity index (χ4v) is 3.17. The number of aliphatic carboxylic acids is 1. The van der Waals surface area contributed by atoms with Crippen LogP contribution in [0, 0.1) is 0 Å². The molecule has 1 aliphatic heterocycles. The first-order valence-corrected chi connectivity index (χ1v) is 8.87. The number of rotatable bonds is 9. The number of aldehydes is 1. The van der Waals surface area contributed by atoms with Gasteiger partial charge in [0.1, 0.15) is 12.0 Å². The zero-order chi connectivity index (χ0) is 19.0. The van der Waals surface area contributed by atoms with E-state index in [2.05, 4.69) is 10.6 Å². The number of nitrogens with one attached hydrogen (secondary N) is 2. The molecule has 1 aliphatic rings. The minimum Gasteiger partial charge on any atom is -0.481 e. The Morgan fingerprint density at radius 2 is 2.04 bits per heavy atom. The third kappa shape index (κ3) is 5.93. The van der Waals surface area contributed by atoms with Gasteiger partial charge in [-0.25, -0.2) is 0 Å². The van der Waals surface area contributed by atoms with Gasteiger partial charge in [0.25, 0.3) is 0 Å². The third-order valence-corrected chi connectivity index (χ3v) is 4.45. The Kier molecular flexibility index (Phi) is 7.29. The van der Waals surface area contributed by atoms with Crippen LogP contribution < -0.4 is 10.6 Å². The van der Waals surface area contributed by atoms with E-state index in [9.17, 15) is 14.4 Å². The van der Waals surface area contributed by atoms with Crippen molar-refractivity contribution in [2.45, 2.75) is 56.8 Å². The van der Waals surface area contributed by atoms with E-state index in [1.807, 2.05) is 30.3 Å². The minimum absolute atomic E-state index is 0.426. The van der Waals surface area contributed by atoms with Gasteiger partial charge >= 0.3 is 5.97 Å². The van der Waals surface area contributed by atoms with Gasteiger partial charge < -0.3 is 20.0 Å². The molecule has 0 spiro atoms. The summed E-state index contributed by atoms with van der Waals surface area (Å²) in [6.07, 6.45) is 3.36. The van der Waals surface area contributed by atoms with Crippen LogP contribution in [0.4, 0.5) is 0 Å². The summed E-state index contributed by atoms with van der Waals surface area (Å²) in [7, 11) is 0. The molecule has 1 saturated heterocycles. The molecule has 1 amide bonds. The summed E-state index contributed by atoms with van der Waals surface area (Å²) < 4.78 is 6.03. The van der Waals surface area contributed by atoms with Gasteiger partial charge in [-0.15, -0.1) is 0 Å². The van der Waals surface area contributed by atoms with Crippen molar-refractivity contribution in [3.8, 4) is 0 Å². The molecule has 0 aromatic heterocycles. The maximum atomic E-state index is 12.4. The molecule has 26 heavy (non-hydrogen) atoms. The van der Waals surface area contributed by atoms with E-state index in [0.29, 0.717) is 19.3 Å². The minimum atomic E-state index is -1.14. The van der Waals surface area contributed by atoms with Gasteiger partial charge in [-0.3, -0.25) is 14.9 Å². The lowest BCUT2D eigenvalue weighted by molar-refractivity contribution is -0.139. The van der Waals surface area contributed by atoms with Gasteiger partial charge in [0.05, 0.1) is 18.5 Å². The molecule has 3 atom stereocenters. The number of benzene rings is 1. The number of hydrogen-bond acceptors (Lipinski definition) is 5. The summed E-state index contributed by atoms with van der Waals surface area (Å²) in [4.78, 5) is 34.1. The standard InChI is InChI=1S/C19H26N2O5/c1-14(18(25)20-16(13-22)11-17(23)24)21-19(9-5-6-10-26-19)12-15-7-3-2-4-8-15/h2-4,7-8,13-14,16,21H,5-6,9-12H2,1H3,(H,20,25)(H,23,24)/t14-,16-,19?/m0/s1. The quantitative estimate of drug-likeness (QED) is 0.571. The van der Waals surface area contributed by atoms with Crippen LogP contribution in [0.15, 0.2) is 30.3 Å². The highest BCUT2D eigenvalue weighted by Crippen LogP contribution is 2.27. The summed E-state index contributed by atoms with van der Waals surface area (Å²) in [5.74, 6) is -1.57. The first-order valence-electron chi connectivity index (χ1n) is 8.87. The molecule has 0 bridgehead atoms. The summed E-state index contributed by atoms with van der Waals surface area (Å²) in [5, 5.41) is 14.5. The zero-order valence-electron chi connectivity index (χ0n) is 14.9. The van der Waals surface area contributed by atoms with Crippen LogP contribution in [0.25, 0.3) is 0 Å². The van der Waals surface area contributed by atoms with Crippen LogP contribution in [-0.2, 0) is 25.5 Å². The van der Waals surface area contributed by atoms with Gasteiger partial charge in [-0.05, 0) is 31.7 Å². The number of carboxylic acids is 1. The summed E-state index contributed by atoms with van der Waals surface area (Å²) in [6.45, 7) is 2.30. The Morgan fingerprint density at radius 3 is 2.62 bits per heavy atom. The monoisotopic (exact) mass is 362 g/mol. The Balaban J connectivity index is 2.03. The fraction of sp³-hybridized carbons (Fsp3) is 0.526. The van der Waals surface area contributed by atoms with Crippen LogP contribution >= 0.6 is 0 Å². The second kappa shape index (κ2) is 9.45. The van der Waals surface area contributed by atoms with Crippen LogP contribution in [0.2, 0.25) is 0 Å². The Morgan fingerprint density at radius 1 is 1.31 bits per heavy atom. The van der Waals surface area contributed by atoms with Crippen LogP contribution in [0.5, 0.6) is 0 Å². The Labute approximate surface area is 153 Å². The van der Waals surface area contributed by atoms with Crippen molar-refractivity contribution >= 4 is 18.2 Å². The normalized spacial score (nSPS) is 22.2.